The van der Waals surface area contributed by atoms with Crippen molar-refractivity contribution in [2.24, 2.45) is 10.9 Å². The van der Waals surface area contributed by atoms with E-state index < -0.39 is 16.1 Å². The summed E-state index contributed by atoms with van der Waals surface area (Å²) < 4.78 is 27.9. The smallest absolute Gasteiger partial charge is 0.308 e. The van der Waals surface area contributed by atoms with Crippen molar-refractivity contribution >= 4 is 40.6 Å². The van der Waals surface area contributed by atoms with Crippen molar-refractivity contribution in [2.75, 3.05) is 19.7 Å². The summed E-state index contributed by atoms with van der Waals surface area (Å²) >= 11 is 11.4. The van der Waals surface area contributed by atoms with Crippen LogP contribution in [-0.4, -0.2) is 39.9 Å². The molecule has 1 fully saturated rings. The first-order valence-electron chi connectivity index (χ1n) is 12.0. The number of hydrogen-bond acceptors (Lipinski definition) is 6. The van der Waals surface area contributed by atoms with Gasteiger partial charge in [-0.2, -0.15) is 5.26 Å². The summed E-state index contributed by atoms with van der Waals surface area (Å²) in [5.74, 6) is 1.27. The highest BCUT2D eigenvalue weighted by atomic mass is 35.5. The van der Waals surface area contributed by atoms with Crippen molar-refractivity contribution in [3.8, 4) is 17.7 Å². The van der Waals surface area contributed by atoms with Gasteiger partial charge in [0.05, 0.1) is 16.1 Å². The molecule has 198 valence electrons. The van der Waals surface area contributed by atoms with E-state index in [1.807, 2.05) is 62.2 Å². The highest BCUT2D eigenvalue weighted by Gasteiger charge is 2.37. The topological polar surface area (TPSA) is 92.9 Å². The van der Waals surface area contributed by atoms with Crippen LogP contribution in [0, 0.1) is 17.4 Å². The Bertz CT molecular complexity index is 1130. The van der Waals surface area contributed by atoms with Gasteiger partial charge in [0.25, 0.3) is 0 Å². The lowest BCUT2D eigenvalue weighted by Gasteiger charge is -2.38. The molecule has 3 rings (SSSR count). The van der Waals surface area contributed by atoms with Crippen LogP contribution in [0.15, 0.2) is 60.1 Å². The zero-order chi connectivity index (χ0) is 27.0. The van der Waals surface area contributed by atoms with Gasteiger partial charge in [-0.15, -0.1) is 9.71 Å². The zero-order valence-electron chi connectivity index (χ0n) is 21.2. The van der Waals surface area contributed by atoms with Crippen molar-refractivity contribution in [3.05, 3.63) is 70.7 Å². The Labute approximate surface area is 232 Å². The van der Waals surface area contributed by atoms with Crippen molar-refractivity contribution in [2.45, 2.75) is 44.4 Å². The molecule has 37 heavy (non-hydrogen) atoms. The molecule has 2 atom stereocenters. The fraction of sp³-hybridized carbons (Fsp3) is 0.407. The van der Waals surface area contributed by atoms with Crippen LogP contribution >= 0.6 is 23.2 Å². The second kappa shape index (κ2) is 13.4. The monoisotopic (exact) mass is 562 g/mol. The van der Waals surface area contributed by atoms with Gasteiger partial charge >= 0.3 is 6.02 Å². The molecule has 1 aliphatic heterocycles. The maximum Gasteiger partial charge on any atom is 0.308 e. The second-order valence-electron chi connectivity index (χ2n) is 9.61. The molecule has 0 spiro atoms. The Kier molecular flexibility index (Phi) is 10.6. The van der Waals surface area contributed by atoms with Gasteiger partial charge in [-0.25, -0.2) is 0 Å². The number of halogens is 2. The molecule has 2 aromatic rings. The third-order valence-electron chi connectivity index (χ3n) is 5.91. The summed E-state index contributed by atoms with van der Waals surface area (Å²) in [5, 5.41) is 10.0. The number of aliphatic imine (C=N–C) groups is 1. The summed E-state index contributed by atoms with van der Waals surface area (Å²) in [5.41, 5.74) is 0.791. The molecule has 0 radical (unpaired) electrons. The first-order chi connectivity index (χ1) is 17.6. The number of nitrogens with zero attached hydrogens (tertiary/aromatic N) is 3. The summed E-state index contributed by atoms with van der Waals surface area (Å²) in [7, 11) is 0. The van der Waals surface area contributed by atoms with E-state index in [4.69, 9.17) is 32.7 Å². The average Bonchev–Trinajstić information content (AvgIpc) is 2.87. The van der Waals surface area contributed by atoms with Crippen molar-refractivity contribution < 1.29 is 14.0 Å². The largest absolute Gasteiger partial charge is 0.598 e. The number of rotatable bonds is 8. The Hall–Kier alpha value is -2.41. The number of nitrogens with one attached hydrogen (secondary N) is 1. The number of nitriles is 1. The van der Waals surface area contributed by atoms with E-state index in [1.165, 1.54) is 0 Å². The van der Waals surface area contributed by atoms with E-state index in [0.29, 0.717) is 41.2 Å². The Morgan fingerprint density at radius 1 is 1.27 bits per heavy atom. The van der Waals surface area contributed by atoms with Crippen LogP contribution in [0.1, 0.15) is 45.2 Å². The number of para-hydroxylation sites is 1. The molecule has 1 heterocycles. The Morgan fingerprint density at radius 2 is 1.92 bits per heavy atom. The molecule has 1 saturated heterocycles. The SMILES string of the molecule is C=CCOc1cc(Cl)c(Cl)cc1C(N[S@@+]([O-])C(C)(C)C)C1CCN(C(=NC#N)Oc2ccccc2)CC1. The first kappa shape index (κ1) is 29.2. The molecular weight excluding hydrogens is 531 g/mol. The van der Waals surface area contributed by atoms with E-state index >= 15 is 0 Å². The van der Waals surface area contributed by atoms with Crippen molar-refractivity contribution in [1.29, 1.82) is 5.26 Å². The van der Waals surface area contributed by atoms with Gasteiger partial charge < -0.3 is 18.9 Å². The molecule has 1 unspecified atom stereocenters. The predicted molar refractivity (Wildman–Crippen MR) is 150 cm³/mol. The molecule has 10 heteroatoms. The number of likely N-dealkylation sites (tertiary alicyclic amines) is 1. The quantitative estimate of drug-likeness (QED) is 0.134. The maximum absolute atomic E-state index is 13.2. The minimum absolute atomic E-state index is 0.0888. The van der Waals surface area contributed by atoms with Gasteiger partial charge in [-0.3, -0.25) is 0 Å². The third-order valence-corrected chi connectivity index (χ3v) is 8.22. The van der Waals surface area contributed by atoms with Crippen LogP contribution in [0.4, 0.5) is 0 Å². The lowest BCUT2D eigenvalue weighted by molar-refractivity contribution is 0.207. The van der Waals surface area contributed by atoms with Gasteiger partial charge in [0, 0.05) is 36.1 Å². The molecule has 0 aromatic heterocycles. The van der Waals surface area contributed by atoms with E-state index in [-0.39, 0.29) is 18.0 Å². The van der Waals surface area contributed by atoms with Crippen molar-refractivity contribution in [1.82, 2.24) is 9.62 Å². The van der Waals surface area contributed by atoms with Crippen LogP contribution in [0.2, 0.25) is 10.0 Å². The van der Waals surface area contributed by atoms with Crippen LogP contribution < -0.4 is 14.2 Å². The van der Waals surface area contributed by atoms with E-state index in [1.54, 1.807) is 18.2 Å². The molecule has 1 aliphatic rings. The summed E-state index contributed by atoms with van der Waals surface area (Å²) in [6.07, 6.45) is 4.95. The van der Waals surface area contributed by atoms with E-state index in [2.05, 4.69) is 16.3 Å². The molecule has 2 aromatic carbocycles. The predicted octanol–water partition coefficient (Wildman–Crippen LogP) is 6.28. The number of hydrogen-bond donors (Lipinski definition) is 1. The number of amidine groups is 1. The molecule has 0 saturated carbocycles. The molecule has 0 amide bonds. The first-order valence-corrected chi connectivity index (χ1v) is 13.9. The maximum atomic E-state index is 13.2. The average molecular weight is 564 g/mol. The van der Waals surface area contributed by atoms with Crippen LogP contribution in [0.3, 0.4) is 0 Å². The minimum Gasteiger partial charge on any atom is -0.598 e. The molecule has 1 N–H and O–H groups in total. The lowest BCUT2D eigenvalue weighted by atomic mass is 9.85. The molecule has 0 aliphatic carbocycles. The van der Waals surface area contributed by atoms with Crippen LogP contribution in [-0.2, 0) is 11.4 Å². The number of ether oxygens (including phenoxy) is 2. The number of benzene rings is 2. The fourth-order valence-electron chi connectivity index (χ4n) is 3.99. The van der Waals surface area contributed by atoms with E-state index in [0.717, 1.165) is 18.4 Å². The fourth-order valence-corrected chi connectivity index (χ4v) is 5.21. The van der Waals surface area contributed by atoms with Crippen LogP contribution in [0.25, 0.3) is 0 Å². The summed E-state index contributed by atoms with van der Waals surface area (Å²) in [4.78, 5) is 5.87. The summed E-state index contributed by atoms with van der Waals surface area (Å²) in [6, 6.07) is 12.7. The third kappa shape index (κ3) is 8.03. The zero-order valence-corrected chi connectivity index (χ0v) is 23.6. The minimum atomic E-state index is -1.35. The van der Waals surface area contributed by atoms with E-state index in [9.17, 15) is 9.81 Å². The Morgan fingerprint density at radius 3 is 2.51 bits per heavy atom. The summed E-state index contributed by atoms with van der Waals surface area (Å²) in [6.45, 7) is 11.0. The van der Waals surface area contributed by atoms with Gasteiger partial charge in [0.2, 0.25) is 6.19 Å². The van der Waals surface area contributed by atoms with Crippen LogP contribution in [0.5, 0.6) is 11.5 Å². The lowest BCUT2D eigenvalue weighted by Crippen LogP contribution is -2.47. The standard InChI is InChI=1S/C27H32Cl2N4O3S/c1-5-15-35-24-17-23(29)22(28)16-21(24)25(32-37(34)27(2,3)4)19-11-13-33(14-12-19)26(31-18-30)36-20-9-7-6-8-10-20/h5-10,16-17,19,25,32H,1,11-15H2,2-4H3/t25?,37-/m0/s1. The van der Waals surface area contributed by atoms with Gasteiger partial charge in [0.1, 0.15) is 22.9 Å². The Balaban J connectivity index is 1.87. The van der Waals surface area contributed by atoms with Gasteiger partial charge in [-0.1, -0.05) is 54.1 Å². The van der Waals surface area contributed by atoms with Gasteiger partial charge in [0.15, 0.2) is 0 Å². The van der Waals surface area contributed by atoms with Gasteiger partial charge in [-0.05, 0) is 57.7 Å². The van der Waals surface area contributed by atoms with Crippen molar-refractivity contribution in [3.63, 3.8) is 0 Å². The highest BCUT2D eigenvalue weighted by molar-refractivity contribution is 7.90. The molecular formula is C27H32Cl2N4O3S. The number of piperidine rings is 1. The second-order valence-corrected chi connectivity index (χ2v) is 12.4. The molecule has 0 bridgehead atoms. The normalized spacial score (nSPS) is 16.6. The highest BCUT2D eigenvalue weighted by Crippen LogP contribution is 2.41. The molecule has 7 nitrogen and oxygen atoms in total.